The van der Waals surface area contributed by atoms with Gasteiger partial charge in [-0.1, -0.05) is 49.1 Å². The molecule has 3 aromatic rings. The van der Waals surface area contributed by atoms with E-state index in [9.17, 15) is 0 Å². The first-order chi connectivity index (χ1) is 11.5. The fourth-order valence-electron chi connectivity index (χ4n) is 3.56. The number of nitrogens with zero attached hydrogens (tertiary/aromatic N) is 2. The second-order valence-electron chi connectivity index (χ2n) is 6.96. The van der Waals surface area contributed by atoms with Gasteiger partial charge < -0.3 is 0 Å². The third kappa shape index (κ3) is 2.33. The van der Waals surface area contributed by atoms with Crippen LogP contribution in [0.3, 0.4) is 0 Å². The maximum Gasteiger partial charge on any atom is 0.231 e. The molecular formula is C20H21N2SSi+. The van der Waals surface area contributed by atoms with E-state index < -0.39 is 8.07 Å². The molecule has 0 bridgehead atoms. The van der Waals surface area contributed by atoms with E-state index in [1.54, 1.807) is 10.4 Å². The highest BCUT2D eigenvalue weighted by Crippen LogP contribution is 2.35. The molecule has 2 nitrogen and oxygen atoms in total. The predicted octanol–water partition coefficient (Wildman–Crippen LogP) is 3.17. The van der Waals surface area contributed by atoms with Gasteiger partial charge >= 0.3 is 0 Å². The topological polar surface area (TPSA) is 16.8 Å². The van der Waals surface area contributed by atoms with Gasteiger partial charge in [0.25, 0.3) is 0 Å². The van der Waals surface area contributed by atoms with Gasteiger partial charge in [-0.05, 0) is 35.0 Å². The summed E-state index contributed by atoms with van der Waals surface area (Å²) in [5.41, 5.74) is 3.77. The molecule has 24 heavy (non-hydrogen) atoms. The van der Waals surface area contributed by atoms with Crippen molar-refractivity contribution in [3.05, 3.63) is 60.6 Å². The fraction of sp³-hybridized carbons (Fsp3) is 0.200. The second kappa shape index (κ2) is 5.57. The van der Waals surface area contributed by atoms with Crippen LogP contribution in [0.2, 0.25) is 13.1 Å². The third-order valence-corrected chi connectivity index (χ3v) is 10.0. The molecule has 2 aromatic carbocycles. The Morgan fingerprint density at radius 2 is 1.83 bits per heavy atom. The SMILES string of the molecule is Cc1cc2c(cc1-c1cncc[n+]1C)Sc1ccccc1[Si]2(C)C. The van der Waals surface area contributed by atoms with Crippen LogP contribution in [0.25, 0.3) is 11.3 Å². The summed E-state index contributed by atoms with van der Waals surface area (Å²) in [5, 5.41) is 3.11. The molecule has 1 aliphatic rings. The maximum atomic E-state index is 4.32. The van der Waals surface area contributed by atoms with Gasteiger partial charge in [0.2, 0.25) is 5.69 Å². The second-order valence-corrected chi connectivity index (χ2v) is 12.4. The first kappa shape index (κ1) is 15.6. The first-order valence-electron chi connectivity index (χ1n) is 8.21. The minimum absolute atomic E-state index is 1.16. The van der Waals surface area contributed by atoms with Gasteiger partial charge in [-0.3, -0.25) is 4.98 Å². The predicted molar refractivity (Wildman–Crippen MR) is 103 cm³/mol. The summed E-state index contributed by atoms with van der Waals surface area (Å²) in [5.74, 6) is 0. The normalized spacial score (nSPS) is 14.8. The minimum Gasteiger partial charge on any atom is -0.252 e. The van der Waals surface area contributed by atoms with Gasteiger partial charge in [0.05, 0.1) is 18.0 Å². The van der Waals surface area contributed by atoms with Gasteiger partial charge in [-0.15, -0.1) is 0 Å². The zero-order valence-corrected chi connectivity index (χ0v) is 16.3. The van der Waals surface area contributed by atoms with Crippen molar-refractivity contribution in [2.45, 2.75) is 29.8 Å². The fourth-order valence-corrected chi connectivity index (χ4v) is 9.07. The van der Waals surface area contributed by atoms with Crippen LogP contribution in [0.15, 0.2) is 64.8 Å². The molecule has 0 fully saturated rings. The molecule has 4 heteroatoms. The molecule has 120 valence electrons. The Morgan fingerprint density at radius 1 is 1.04 bits per heavy atom. The molecule has 0 saturated carbocycles. The van der Waals surface area contributed by atoms with Gasteiger partial charge in [0.1, 0.15) is 15.1 Å². The lowest BCUT2D eigenvalue weighted by atomic mass is 10.1. The summed E-state index contributed by atoms with van der Waals surface area (Å²) < 4.78 is 2.14. The summed E-state index contributed by atoms with van der Waals surface area (Å²) in [7, 11) is 0.436. The Bertz CT molecular complexity index is 950. The first-order valence-corrected chi connectivity index (χ1v) is 12.0. The number of hydrogen-bond donors (Lipinski definition) is 0. The largest absolute Gasteiger partial charge is 0.252 e. The molecule has 0 radical (unpaired) electrons. The van der Waals surface area contributed by atoms with Gasteiger partial charge in [0.15, 0.2) is 6.20 Å². The van der Waals surface area contributed by atoms with Crippen molar-refractivity contribution in [3.63, 3.8) is 0 Å². The molecule has 0 N–H and O–H groups in total. The summed E-state index contributed by atoms with van der Waals surface area (Å²) in [6.45, 7) is 7.15. The summed E-state index contributed by atoms with van der Waals surface area (Å²) in [6, 6.07) is 13.7. The Kier molecular flexibility index (Phi) is 3.62. The van der Waals surface area contributed by atoms with Crippen LogP contribution in [-0.4, -0.2) is 13.1 Å². The van der Waals surface area contributed by atoms with Crippen LogP contribution in [0.4, 0.5) is 0 Å². The molecule has 4 rings (SSSR count). The standard InChI is InChI=1S/C20H21N2SSi/c1-14-11-20-18(12-15(14)16-13-21-9-10-22(16)2)23-17-7-5-6-8-19(17)24(20,3)4/h5-13H,1-4H3/q+1. The molecule has 2 heterocycles. The van der Waals surface area contributed by atoms with Crippen LogP contribution in [0, 0.1) is 6.92 Å². The van der Waals surface area contributed by atoms with Crippen molar-refractivity contribution >= 4 is 30.2 Å². The van der Waals surface area contributed by atoms with Crippen LogP contribution in [-0.2, 0) is 7.05 Å². The summed E-state index contributed by atoms with van der Waals surface area (Å²) >= 11 is 1.91. The maximum absolute atomic E-state index is 4.32. The van der Waals surface area contributed by atoms with Crippen molar-refractivity contribution in [2.24, 2.45) is 7.05 Å². The Labute approximate surface area is 148 Å². The van der Waals surface area contributed by atoms with Crippen molar-refractivity contribution in [1.82, 2.24) is 4.98 Å². The highest BCUT2D eigenvalue weighted by molar-refractivity contribution is 8.00. The quantitative estimate of drug-likeness (QED) is 0.496. The zero-order valence-electron chi connectivity index (χ0n) is 14.5. The van der Waals surface area contributed by atoms with Gasteiger partial charge in [-0.25, -0.2) is 0 Å². The Hall–Kier alpha value is -1.91. The van der Waals surface area contributed by atoms with E-state index in [-0.39, 0.29) is 0 Å². The summed E-state index contributed by atoms with van der Waals surface area (Å²) in [4.78, 5) is 7.16. The van der Waals surface area contributed by atoms with Crippen LogP contribution in [0.5, 0.6) is 0 Å². The Morgan fingerprint density at radius 3 is 2.62 bits per heavy atom. The highest BCUT2D eigenvalue weighted by atomic mass is 32.2. The van der Waals surface area contributed by atoms with E-state index in [0.717, 1.165) is 5.69 Å². The molecule has 1 aliphatic heterocycles. The minimum atomic E-state index is -1.64. The smallest absolute Gasteiger partial charge is 0.231 e. The molecule has 0 amide bonds. The van der Waals surface area contributed by atoms with Crippen LogP contribution in [0.1, 0.15) is 5.56 Å². The van der Waals surface area contributed by atoms with E-state index in [1.807, 2.05) is 30.4 Å². The molecule has 0 atom stereocenters. The van der Waals surface area contributed by atoms with Gasteiger partial charge in [0, 0.05) is 9.79 Å². The number of rotatable bonds is 1. The lowest BCUT2D eigenvalue weighted by Crippen LogP contribution is -2.56. The lowest BCUT2D eigenvalue weighted by Gasteiger charge is -2.33. The van der Waals surface area contributed by atoms with E-state index in [1.165, 1.54) is 20.9 Å². The highest BCUT2D eigenvalue weighted by Gasteiger charge is 2.35. The van der Waals surface area contributed by atoms with Crippen molar-refractivity contribution in [1.29, 1.82) is 0 Å². The van der Waals surface area contributed by atoms with Crippen molar-refractivity contribution < 1.29 is 4.57 Å². The van der Waals surface area contributed by atoms with E-state index in [4.69, 9.17) is 0 Å². The summed E-state index contributed by atoms with van der Waals surface area (Å²) in [6.07, 6.45) is 5.80. The molecule has 0 saturated heterocycles. The van der Waals surface area contributed by atoms with Crippen molar-refractivity contribution in [2.75, 3.05) is 0 Å². The van der Waals surface area contributed by atoms with E-state index in [0.29, 0.717) is 0 Å². The monoisotopic (exact) mass is 349 g/mol. The number of aryl methyl sites for hydroxylation is 2. The molecular weight excluding hydrogens is 328 g/mol. The van der Waals surface area contributed by atoms with E-state index >= 15 is 0 Å². The zero-order chi connectivity index (χ0) is 16.9. The van der Waals surface area contributed by atoms with Gasteiger partial charge in [-0.2, -0.15) is 4.57 Å². The molecule has 0 spiro atoms. The van der Waals surface area contributed by atoms with Crippen LogP contribution >= 0.6 is 11.8 Å². The molecule has 1 aromatic heterocycles. The van der Waals surface area contributed by atoms with E-state index in [2.05, 4.69) is 73.0 Å². The molecule has 0 unspecified atom stereocenters. The third-order valence-electron chi connectivity index (χ3n) is 5.01. The lowest BCUT2D eigenvalue weighted by molar-refractivity contribution is -0.660. The number of aromatic nitrogens is 2. The molecule has 0 aliphatic carbocycles. The average molecular weight is 350 g/mol. The number of benzene rings is 2. The van der Waals surface area contributed by atoms with Crippen LogP contribution < -0.4 is 14.9 Å². The van der Waals surface area contributed by atoms with Crippen molar-refractivity contribution in [3.8, 4) is 11.3 Å². The average Bonchev–Trinajstić information content (AvgIpc) is 2.56. The Balaban J connectivity index is 1.93. The number of hydrogen-bond acceptors (Lipinski definition) is 2. The number of fused-ring (bicyclic) bond motifs is 2.